The predicted octanol–water partition coefficient (Wildman–Crippen LogP) is 4.16. The molecule has 3 rings (SSSR count). The highest BCUT2D eigenvalue weighted by Crippen LogP contribution is 2.27. The first-order valence-corrected chi connectivity index (χ1v) is 9.85. The van der Waals surface area contributed by atoms with Crippen molar-refractivity contribution >= 4 is 23.4 Å². The second kappa shape index (κ2) is 9.27. The molecule has 3 aromatic rings. The van der Waals surface area contributed by atoms with E-state index in [1.165, 1.54) is 11.8 Å². The molecule has 1 amide bonds. The monoisotopic (exact) mass is 398 g/mol. The lowest BCUT2D eigenvalue weighted by molar-refractivity contribution is -0.113. The van der Waals surface area contributed by atoms with E-state index < -0.39 is 0 Å². The molecule has 0 bridgehead atoms. The van der Waals surface area contributed by atoms with Crippen LogP contribution in [0, 0.1) is 6.92 Å². The average Bonchev–Trinajstić information content (AvgIpc) is 3.28. The van der Waals surface area contributed by atoms with Crippen molar-refractivity contribution in [3.63, 3.8) is 0 Å². The number of rotatable bonds is 9. The summed E-state index contributed by atoms with van der Waals surface area (Å²) in [5, 5.41) is 12.0. The van der Waals surface area contributed by atoms with Crippen molar-refractivity contribution in [2.24, 2.45) is 0 Å². The lowest BCUT2D eigenvalue weighted by Gasteiger charge is -2.08. The zero-order valence-corrected chi connectivity index (χ0v) is 16.7. The third-order valence-corrected chi connectivity index (χ3v) is 4.88. The molecule has 2 heterocycles. The lowest BCUT2D eigenvalue weighted by atomic mass is 10.2. The number of furan rings is 1. The van der Waals surface area contributed by atoms with Crippen molar-refractivity contribution in [3.05, 3.63) is 55.0 Å². The van der Waals surface area contributed by atoms with Gasteiger partial charge in [0.15, 0.2) is 11.0 Å². The maximum absolute atomic E-state index is 12.3. The molecule has 0 unspecified atom stereocenters. The average molecular weight is 398 g/mol. The van der Waals surface area contributed by atoms with Crippen LogP contribution in [0.3, 0.4) is 0 Å². The summed E-state index contributed by atoms with van der Waals surface area (Å²) >= 11 is 1.32. The number of benzene rings is 1. The number of nitrogens with one attached hydrogen (secondary N) is 1. The standard InChI is InChI=1S/C20H22N4O3S/c1-4-11-24-19(17-10-12-27-14(17)3)22-23-20(24)28-13-18(25)21-15-6-8-16(9-7-15)26-5-2/h4,6-10,12H,1,5,11,13H2,2-3H3,(H,21,25). The number of allylic oxidation sites excluding steroid dienone is 1. The molecule has 0 saturated carbocycles. The van der Waals surface area contributed by atoms with E-state index in [0.717, 1.165) is 22.8 Å². The Balaban J connectivity index is 1.65. The molecule has 1 N–H and O–H groups in total. The molecule has 7 nitrogen and oxygen atoms in total. The van der Waals surface area contributed by atoms with Crippen LogP contribution in [0.5, 0.6) is 5.75 Å². The fourth-order valence-electron chi connectivity index (χ4n) is 2.63. The van der Waals surface area contributed by atoms with Crippen molar-refractivity contribution in [1.82, 2.24) is 14.8 Å². The largest absolute Gasteiger partial charge is 0.494 e. The third-order valence-electron chi connectivity index (χ3n) is 3.91. The van der Waals surface area contributed by atoms with E-state index in [4.69, 9.17) is 9.15 Å². The van der Waals surface area contributed by atoms with Gasteiger partial charge in [0, 0.05) is 12.2 Å². The van der Waals surface area contributed by atoms with Crippen LogP contribution in [0.1, 0.15) is 12.7 Å². The van der Waals surface area contributed by atoms with Gasteiger partial charge in [-0.25, -0.2) is 0 Å². The number of hydrogen-bond donors (Lipinski definition) is 1. The summed E-state index contributed by atoms with van der Waals surface area (Å²) < 4.78 is 12.7. The van der Waals surface area contributed by atoms with Gasteiger partial charge >= 0.3 is 0 Å². The van der Waals surface area contributed by atoms with E-state index >= 15 is 0 Å². The molecular weight excluding hydrogens is 376 g/mol. The van der Waals surface area contributed by atoms with Crippen LogP contribution >= 0.6 is 11.8 Å². The van der Waals surface area contributed by atoms with E-state index in [-0.39, 0.29) is 11.7 Å². The first kappa shape index (κ1) is 19.8. The second-order valence-corrected chi connectivity index (χ2v) is 6.83. The fraction of sp³-hybridized carbons (Fsp3) is 0.250. The minimum Gasteiger partial charge on any atom is -0.494 e. The highest BCUT2D eigenvalue weighted by molar-refractivity contribution is 7.99. The Morgan fingerprint density at radius 3 is 2.75 bits per heavy atom. The summed E-state index contributed by atoms with van der Waals surface area (Å²) in [5.41, 5.74) is 1.59. The zero-order valence-electron chi connectivity index (χ0n) is 15.8. The number of carbonyl (C=O) groups is 1. The molecule has 28 heavy (non-hydrogen) atoms. The number of thioether (sulfide) groups is 1. The highest BCUT2D eigenvalue weighted by Gasteiger charge is 2.17. The van der Waals surface area contributed by atoms with Crippen molar-refractivity contribution in [1.29, 1.82) is 0 Å². The number of aromatic nitrogens is 3. The highest BCUT2D eigenvalue weighted by atomic mass is 32.2. The normalized spacial score (nSPS) is 10.6. The van der Waals surface area contributed by atoms with E-state index in [1.54, 1.807) is 12.3 Å². The Kier molecular flexibility index (Phi) is 6.54. The van der Waals surface area contributed by atoms with Gasteiger partial charge in [0.25, 0.3) is 0 Å². The Morgan fingerprint density at radius 2 is 2.11 bits per heavy atom. The van der Waals surface area contributed by atoms with Crippen LogP contribution in [0.15, 0.2) is 58.8 Å². The van der Waals surface area contributed by atoms with Gasteiger partial charge in [0.1, 0.15) is 11.5 Å². The number of carbonyl (C=O) groups excluding carboxylic acids is 1. The van der Waals surface area contributed by atoms with E-state index in [9.17, 15) is 4.79 Å². The zero-order chi connectivity index (χ0) is 19.9. The van der Waals surface area contributed by atoms with Crippen LogP contribution < -0.4 is 10.1 Å². The van der Waals surface area contributed by atoms with Gasteiger partial charge in [0.05, 0.1) is 24.2 Å². The number of anilines is 1. The Bertz CT molecular complexity index is 947. The Morgan fingerprint density at radius 1 is 1.32 bits per heavy atom. The number of hydrogen-bond acceptors (Lipinski definition) is 6. The SMILES string of the molecule is C=CCn1c(SCC(=O)Nc2ccc(OCC)cc2)nnc1-c1ccoc1C. The van der Waals surface area contributed by atoms with Crippen molar-refractivity contribution in [3.8, 4) is 17.1 Å². The number of ether oxygens (including phenoxy) is 1. The molecule has 0 saturated heterocycles. The van der Waals surface area contributed by atoms with E-state index in [2.05, 4.69) is 22.1 Å². The van der Waals surface area contributed by atoms with Gasteiger partial charge in [-0.2, -0.15) is 0 Å². The summed E-state index contributed by atoms with van der Waals surface area (Å²) in [6, 6.07) is 9.13. The van der Waals surface area contributed by atoms with Crippen molar-refractivity contribution in [2.45, 2.75) is 25.5 Å². The molecule has 0 aliphatic rings. The minimum absolute atomic E-state index is 0.122. The van der Waals surface area contributed by atoms with Crippen molar-refractivity contribution in [2.75, 3.05) is 17.7 Å². The maximum atomic E-state index is 12.3. The van der Waals surface area contributed by atoms with Gasteiger partial charge in [-0.05, 0) is 44.2 Å². The van der Waals surface area contributed by atoms with Crippen molar-refractivity contribution < 1.29 is 13.9 Å². The quantitative estimate of drug-likeness (QED) is 0.430. The Hall–Kier alpha value is -3.00. The summed E-state index contributed by atoms with van der Waals surface area (Å²) in [6.45, 7) is 8.74. The predicted molar refractivity (Wildman–Crippen MR) is 110 cm³/mol. The molecule has 0 fully saturated rings. The molecule has 0 atom stereocenters. The van der Waals surface area contributed by atoms with Crippen LogP contribution in [0.2, 0.25) is 0 Å². The summed E-state index contributed by atoms with van der Waals surface area (Å²) in [7, 11) is 0. The van der Waals surface area contributed by atoms with Crippen LogP contribution in [-0.4, -0.2) is 33.0 Å². The topological polar surface area (TPSA) is 82.2 Å². The van der Waals surface area contributed by atoms with Gasteiger partial charge < -0.3 is 14.5 Å². The summed E-state index contributed by atoms with van der Waals surface area (Å²) in [4.78, 5) is 12.3. The van der Waals surface area contributed by atoms with Gasteiger partial charge in [-0.3, -0.25) is 9.36 Å². The van der Waals surface area contributed by atoms with E-state index in [0.29, 0.717) is 24.1 Å². The van der Waals surface area contributed by atoms with Crippen LogP contribution in [-0.2, 0) is 11.3 Å². The number of amides is 1. The summed E-state index contributed by atoms with van der Waals surface area (Å²) in [6.07, 6.45) is 3.39. The molecule has 2 aromatic heterocycles. The number of aryl methyl sites for hydroxylation is 1. The molecule has 146 valence electrons. The summed E-state index contributed by atoms with van der Waals surface area (Å²) in [5.74, 6) is 2.33. The molecule has 8 heteroatoms. The molecular formula is C20H22N4O3S. The maximum Gasteiger partial charge on any atom is 0.234 e. The first-order chi connectivity index (χ1) is 13.6. The minimum atomic E-state index is -0.122. The third kappa shape index (κ3) is 4.64. The molecule has 1 aromatic carbocycles. The number of nitrogens with zero attached hydrogens (tertiary/aromatic N) is 3. The van der Waals surface area contributed by atoms with Crippen LogP contribution in [0.25, 0.3) is 11.4 Å². The fourth-order valence-corrected chi connectivity index (χ4v) is 3.38. The van der Waals surface area contributed by atoms with E-state index in [1.807, 2.05) is 48.7 Å². The van der Waals surface area contributed by atoms with Gasteiger partial charge in [-0.15, -0.1) is 16.8 Å². The van der Waals surface area contributed by atoms with Gasteiger partial charge in [-0.1, -0.05) is 17.8 Å². The second-order valence-electron chi connectivity index (χ2n) is 5.89. The van der Waals surface area contributed by atoms with Gasteiger partial charge in [0.2, 0.25) is 5.91 Å². The van der Waals surface area contributed by atoms with Crippen LogP contribution in [0.4, 0.5) is 5.69 Å². The first-order valence-electron chi connectivity index (χ1n) is 8.86. The smallest absolute Gasteiger partial charge is 0.234 e. The molecule has 0 spiro atoms. The molecule has 0 radical (unpaired) electrons. The Labute approximate surface area is 167 Å². The molecule has 0 aliphatic carbocycles. The molecule has 0 aliphatic heterocycles. The lowest BCUT2D eigenvalue weighted by Crippen LogP contribution is -2.14.